The number of aromatic nitrogens is 2. The number of carbonyl (C=O) groups is 2. The fourth-order valence-corrected chi connectivity index (χ4v) is 4.03. The molecular weight excluding hydrogens is 416 g/mol. The molecule has 0 saturated carbocycles. The number of nitrogens with zero attached hydrogens (tertiary/aromatic N) is 3. The minimum Gasteiger partial charge on any atom is -0.353 e. The van der Waals surface area contributed by atoms with E-state index < -0.39 is 23.6 Å². The van der Waals surface area contributed by atoms with Gasteiger partial charge in [-0.25, -0.2) is 13.5 Å². The van der Waals surface area contributed by atoms with Gasteiger partial charge in [-0.2, -0.15) is 5.10 Å². The summed E-state index contributed by atoms with van der Waals surface area (Å²) in [5, 5.41) is 10.0. The maximum absolute atomic E-state index is 13.5. The van der Waals surface area contributed by atoms with Crippen molar-refractivity contribution in [2.24, 2.45) is 0 Å². The van der Waals surface area contributed by atoms with Gasteiger partial charge in [-0.1, -0.05) is 18.2 Å². The summed E-state index contributed by atoms with van der Waals surface area (Å²) < 4.78 is 28.4. The van der Waals surface area contributed by atoms with Crippen molar-refractivity contribution in [3.05, 3.63) is 77.1 Å². The Bertz CT molecular complexity index is 1160. The van der Waals surface area contributed by atoms with Crippen molar-refractivity contribution >= 4 is 17.5 Å². The molecule has 2 amide bonds. The highest BCUT2D eigenvalue weighted by Crippen LogP contribution is 2.30. The first-order chi connectivity index (χ1) is 15.3. The van der Waals surface area contributed by atoms with Gasteiger partial charge in [-0.15, -0.1) is 0 Å². The standard InChI is InChI=1S/C23H23F2N5O2/c1-14-21(15(2)30(28-14)17-6-4-3-5-7-17)22-23(32)26-10-11-29(22)13-20(31)27-16-8-9-18(24)19(25)12-16/h3-9,12,22H,10-11,13H2,1-2H3,(H,26,32)(H,27,31)/t22-/m1/s1. The first kappa shape index (κ1) is 21.6. The van der Waals surface area contributed by atoms with E-state index in [9.17, 15) is 18.4 Å². The molecule has 3 aromatic rings. The van der Waals surface area contributed by atoms with Gasteiger partial charge in [0.05, 0.1) is 17.9 Å². The summed E-state index contributed by atoms with van der Waals surface area (Å²) in [5.41, 5.74) is 3.27. The Morgan fingerprint density at radius 3 is 2.62 bits per heavy atom. The Morgan fingerprint density at radius 2 is 1.91 bits per heavy atom. The van der Waals surface area contributed by atoms with Crippen LogP contribution in [0.3, 0.4) is 0 Å². The number of rotatable bonds is 5. The number of halogens is 2. The highest BCUT2D eigenvalue weighted by Gasteiger charge is 2.36. The summed E-state index contributed by atoms with van der Waals surface area (Å²) in [6.45, 7) is 4.50. The van der Waals surface area contributed by atoms with Crippen molar-refractivity contribution in [2.45, 2.75) is 19.9 Å². The van der Waals surface area contributed by atoms with Crippen molar-refractivity contribution in [3.8, 4) is 5.69 Å². The lowest BCUT2D eigenvalue weighted by molar-refractivity contribution is -0.130. The van der Waals surface area contributed by atoms with Gasteiger partial charge in [0.15, 0.2) is 11.6 Å². The molecule has 0 aliphatic carbocycles. The highest BCUT2D eigenvalue weighted by atomic mass is 19.2. The molecule has 7 nitrogen and oxygen atoms in total. The summed E-state index contributed by atoms with van der Waals surface area (Å²) in [7, 11) is 0. The van der Waals surface area contributed by atoms with Gasteiger partial charge in [0.25, 0.3) is 0 Å². The summed E-state index contributed by atoms with van der Waals surface area (Å²) in [4.78, 5) is 27.3. The van der Waals surface area contributed by atoms with Crippen LogP contribution in [0.1, 0.15) is 23.0 Å². The largest absolute Gasteiger partial charge is 0.353 e. The molecule has 1 aromatic heterocycles. The number of piperazine rings is 1. The van der Waals surface area contributed by atoms with Crippen molar-refractivity contribution in [1.29, 1.82) is 0 Å². The molecule has 1 aliphatic heterocycles. The minimum atomic E-state index is -1.04. The zero-order chi connectivity index (χ0) is 22.8. The van der Waals surface area contributed by atoms with Crippen LogP contribution in [0, 0.1) is 25.5 Å². The van der Waals surface area contributed by atoms with E-state index in [0.29, 0.717) is 18.8 Å². The van der Waals surface area contributed by atoms with E-state index in [1.54, 1.807) is 9.58 Å². The first-order valence-corrected chi connectivity index (χ1v) is 10.2. The average Bonchev–Trinajstić information content (AvgIpc) is 3.05. The van der Waals surface area contributed by atoms with E-state index in [-0.39, 0.29) is 18.1 Å². The van der Waals surface area contributed by atoms with Gasteiger partial charge in [-0.05, 0) is 38.1 Å². The molecule has 1 fully saturated rings. The number of nitrogens with one attached hydrogen (secondary N) is 2. The molecule has 2 N–H and O–H groups in total. The smallest absolute Gasteiger partial charge is 0.242 e. The molecule has 0 radical (unpaired) electrons. The zero-order valence-corrected chi connectivity index (χ0v) is 17.7. The van der Waals surface area contributed by atoms with Crippen molar-refractivity contribution in [1.82, 2.24) is 20.0 Å². The third kappa shape index (κ3) is 4.24. The second kappa shape index (κ2) is 8.88. The molecule has 0 unspecified atom stereocenters. The number of amides is 2. The molecular formula is C23H23F2N5O2. The van der Waals surface area contributed by atoms with Gasteiger partial charge in [0, 0.05) is 36.1 Å². The van der Waals surface area contributed by atoms with Crippen LogP contribution in [0.15, 0.2) is 48.5 Å². The Hall–Kier alpha value is -3.59. The highest BCUT2D eigenvalue weighted by molar-refractivity contribution is 5.93. The van der Waals surface area contributed by atoms with Crippen LogP contribution in [0.4, 0.5) is 14.5 Å². The Balaban J connectivity index is 1.59. The molecule has 0 bridgehead atoms. The minimum absolute atomic E-state index is 0.0908. The van der Waals surface area contributed by atoms with Crippen molar-refractivity contribution in [3.63, 3.8) is 0 Å². The van der Waals surface area contributed by atoms with Crippen LogP contribution in [0.2, 0.25) is 0 Å². The van der Waals surface area contributed by atoms with Crippen LogP contribution in [0.5, 0.6) is 0 Å². The van der Waals surface area contributed by atoms with E-state index in [4.69, 9.17) is 0 Å². The molecule has 0 spiro atoms. The quantitative estimate of drug-likeness (QED) is 0.641. The predicted molar refractivity (Wildman–Crippen MR) is 115 cm³/mol. The summed E-state index contributed by atoms with van der Waals surface area (Å²) >= 11 is 0. The third-order valence-electron chi connectivity index (χ3n) is 5.48. The summed E-state index contributed by atoms with van der Waals surface area (Å²) in [5.74, 6) is -2.67. The van der Waals surface area contributed by atoms with Crippen molar-refractivity contribution < 1.29 is 18.4 Å². The molecule has 9 heteroatoms. The van der Waals surface area contributed by atoms with Gasteiger partial charge < -0.3 is 10.6 Å². The summed E-state index contributed by atoms with van der Waals surface area (Å²) in [6.07, 6.45) is 0. The maximum Gasteiger partial charge on any atom is 0.242 e. The number of para-hydroxylation sites is 1. The summed E-state index contributed by atoms with van der Waals surface area (Å²) in [6, 6.07) is 12.1. The van der Waals surface area contributed by atoms with Crippen molar-refractivity contribution in [2.75, 3.05) is 25.0 Å². The molecule has 2 heterocycles. The fourth-order valence-electron chi connectivity index (χ4n) is 4.03. The third-order valence-corrected chi connectivity index (χ3v) is 5.48. The topological polar surface area (TPSA) is 79.3 Å². The van der Waals surface area contributed by atoms with E-state index in [2.05, 4.69) is 15.7 Å². The zero-order valence-electron chi connectivity index (χ0n) is 17.7. The predicted octanol–water partition coefficient (Wildman–Crippen LogP) is 2.88. The van der Waals surface area contributed by atoms with E-state index in [1.165, 1.54) is 6.07 Å². The number of carbonyl (C=O) groups excluding carboxylic acids is 2. The average molecular weight is 439 g/mol. The number of hydrogen-bond donors (Lipinski definition) is 2. The molecule has 1 saturated heterocycles. The number of hydrogen-bond acceptors (Lipinski definition) is 4. The molecule has 1 aliphatic rings. The lowest BCUT2D eigenvalue weighted by atomic mass is 10.00. The molecule has 32 heavy (non-hydrogen) atoms. The van der Waals surface area contributed by atoms with Gasteiger partial charge in [-0.3, -0.25) is 14.5 Å². The number of benzene rings is 2. The number of aryl methyl sites for hydroxylation is 1. The van der Waals surface area contributed by atoms with E-state index in [1.807, 2.05) is 44.2 Å². The molecule has 4 rings (SSSR count). The van der Waals surface area contributed by atoms with Gasteiger partial charge in [0.1, 0.15) is 6.04 Å². The lowest BCUT2D eigenvalue weighted by Crippen LogP contribution is -2.52. The fraction of sp³-hybridized carbons (Fsp3) is 0.261. The van der Waals surface area contributed by atoms with Crippen LogP contribution in [0.25, 0.3) is 5.69 Å². The normalized spacial score (nSPS) is 16.6. The molecule has 2 aromatic carbocycles. The Labute approximate surface area is 184 Å². The second-order valence-electron chi connectivity index (χ2n) is 7.67. The monoisotopic (exact) mass is 439 g/mol. The molecule has 1 atom stereocenters. The second-order valence-corrected chi connectivity index (χ2v) is 7.67. The van der Waals surface area contributed by atoms with Gasteiger partial charge in [0.2, 0.25) is 11.8 Å². The Morgan fingerprint density at radius 1 is 1.16 bits per heavy atom. The van der Waals surface area contributed by atoms with Crippen LogP contribution >= 0.6 is 0 Å². The van der Waals surface area contributed by atoms with Crippen LogP contribution < -0.4 is 10.6 Å². The van der Waals surface area contributed by atoms with Crippen LogP contribution in [-0.4, -0.2) is 46.1 Å². The lowest BCUT2D eigenvalue weighted by Gasteiger charge is -2.34. The SMILES string of the molecule is Cc1nn(-c2ccccc2)c(C)c1[C@@H]1C(=O)NCCN1CC(=O)Nc1ccc(F)c(F)c1. The first-order valence-electron chi connectivity index (χ1n) is 10.2. The number of anilines is 1. The Kier molecular flexibility index (Phi) is 6.00. The van der Waals surface area contributed by atoms with E-state index in [0.717, 1.165) is 29.1 Å². The maximum atomic E-state index is 13.5. The van der Waals surface area contributed by atoms with Crippen LogP contribution in [-0.2, 0) is 9.59 Å². The molecule has 166 valence electrons. The van der Waals surface area contributed by atoms with Gasteiger partial charge >= 0.3 is 0 Å². The van der Waals surface area contributed by atoms with E-state index >= 15 is 0 Å².